The van der Waals surface area contributed by atoms with E-state index in [-0.39, 0.29) is 17.8 Å². The molecule has 2 aromatic rings. The van der Waals surface area contributed by atoms with Crippen LogP contribution in [0.5, 0.6) is 11.5 Å². The number of methoxy groups -OCH3 is 2. The van der Waals surface area contributed by atoms with Gasteiger partial charge in [-0.3, -0.25) is 9.78 Å². The summed E-state index contributed by atoms with van der Waals surface area (Å²) in [5.74, 6) is 0.384. The van der Waals surface area contributed by atoms with Crippen LogP contribution in [0.1, 0.15) is 21.6 Å². The Morgan fingerprint density at radius 2 is 1.93 bits per heavy atom. The SMILES string of the molecule is COc1cc(N)c(C(=O)Nc2cnc3c(c2)CN(C(=O)O)CC3)cc1OC. The first kappa shape index (κ1) is 18.3. The number of carboxylic acid groups (broad SMARTS) is 1. The number of nitrogens with zero attached hydrogens (tertiary/aromatic N) is 2. The molecule has 3 rings (SSSR count). The highest BCUT2D eigenvalue weighted by molar-refractivity contribution is 6.08. The lowest BCUT2D eigenvalue weighted by Crippen LogP contribution is -2.35. The van der Waals surface area contributed by atoms with Gasteiger partial charge in [-0.15, -0.1) is 0 Å². The number of rotatable bonds is 4. The van der Waals surface area contributed by atoms with Crippen molar-refractivity contribution >= 4 is 23.4 Å². The molecule has 1 aliphatic rings. The third-order valence-electron chi connectivity index (χ3n) is 4.37. The summed E-state index contributed by atoms with van der Waals surface area (Å²) < 4.78 is 10.4. The topological polar surface area (TPSA) is 127 Å². The molecule has 9 nitrogen and oxygen atoms in total. The Kier molecular flexibility index (Phi) is 5.02. The second-order valence-electron chi connectivity index (χ2n) is 6.03. The molecule has 1 aliphatic heterocycles. The first-order chi connectivity index (χ1) is 12.9. The summed E-state index contributed by atoms with van der Waals surface area (Å²) in [6, 6.07) is 4.75. The molecule has 0 saturated carbocycles. The fraction of sp³-hybridized carbons (Fsp3) is 0.278. The molecule has 0 saturated heterocycles. The van der Waals surface area contributed by atoms with Crippen molar-refractivity contribution in [3.63, 3.8) is 0 Å². The zero-order chi connectivity index (χ0) is 19.6. The van der Waals surface area contributed by atoms with Gasteiger partial charge >= 0.3 is 6.09 Å². The smallest absolute Gasteiger partial charge is 0.407 e. The van der Waals surface area contributed by atoms with Crippen LogP contribution in [0, 0.1) is 0 Å². The Morgan fingerprint density at radius 1 is 1.22 bits per heavy atom. The Hall–Kier alpha value is -3.49. The number of pyridine rings is 1. The first-order valence-corrected chi connectivity index (χ1v) is 8.21. The summed E-state index contributed by atoms with van der Waals surface area (Å²) >= 11 is 0. The molecule has 0 unspecified atom stereocenters. The van der Waals surface area contributed by atoms with E-state index in [1.165, 1.54) is 31.3 Å². The van der Waals surface area contributed by atoms with Crippen molar-refractivity contribution in [3.05, 3.63) is 41.2 Å². The van der Waals surface area contributed by atoms with Gasteiger partial charge in [0.15, 0.2) is 11.5 Å². The predicted octanol–water partition coefficient (Wildman–Crippen LogP) is 1.97. The molecule has 142 valence electrons. The molecule has 1 aromatic heterocycles. The highest BCUT2D eigenvalue weighted by Gasteiger charge is 2.22. The number of hydrogen-bond acceptors (Lipinski definition) is 6. The maximum atomic E-state index is 12.6. The number of benzene rings is 1. The number of carbonyl (C=O) groups excluding carboxylic acids is 1. The van der Waals surface area contributed by atoms with Crippen LogP contribution in [-0.4, -0.2) is 47.8 Å². The number of hydrogen-bond donors (Lipinski definition) is 3. The molecule has 0 spiro atoms. The first-order valence-electron chi connectivity index (χ1n) is 8.21. The van der Waals surface area contributed by atoms with E-state index in [1.807, 2.05) is 0 Å². The number of anilines is 2. The van der Waals surface area contributed by atoms with Crippen molar-refractivity contribution in [2.24, 2.45) is 0 Å². The monoisotopic (exact) mass is 372 g/mol. The number of nitrogens with two attached hydrogens (primary N) is 1. The third kappa shape index (κ3) is 3.71. The molecule has 27 heavy (non-hydrogen) atoms. The van der Waals surface area contributed by atoms with Gasteiger partial charge in [0.25, 0.3) is 5.91 Å². The summed E-state index contributed by atoms with van der Waals surface area (Å²) in [6.07, 6.45) is 1.11. The molecule has 9 heteroatoms. The normalized spacial score (nSPS) is 12.9. The van der Waals surface area contributed by atoms with Crippen LogP contribution < -0.4 is 20.5 Å². The van der Waals surface area contributed by atoms with Gasteiger partial charge in [-0.05, 0) is 17.7 Å². The molecule has 0 aliphatic carbocycles. The Morgan fingerprint density at radius 3 is 2.59 bits per heavy atom. The average molecular weight is 372 g/mol. The minimum absolute atomic E-state index is 0.234. The Labute approximate surface area is 155 Å². The maximum absolute atomic E-state index is 12.6. The average Bonchev–Trinajstić information content (AvgIpc) is 2.66. The number of nitrogens with one attached hydrogen (secondary N) is 1. The molecule has 1 aromatic carbocycles. The van der Waals surface area contributed by atoms with E-state index in [0.717, 1.165) is 11.3 Å². The van der Waals surface area contributed by atoms with Gasteiger partial charge in [0.05, 0.1) is 38.2 Å². The van der Waals surface area contributed by atoms with Crippen molar-refractivity contribution in [3.8, 4) is 11.5 Å². The quantitative estimate of drug-likeness (QED) is 0.700. The summed E-state index contributed by atoms with van der Waals surface area (Å²) in [5, 5.41) is 11.9. The van der Waals surface area contributed by atoms with Crippen molar-refractivity contribution in [2.75, 3.05) is 31.8 Å². The minimum Gasteiger partial charge on any atom is -0.493 e. The lowest BCUT2D eigenvalue weighted by molar-refractivity contribution is 0.102. The molecule has 0 atom stereocenters. The molecule has 0 bridgehead atoms. The summed E-state index contributed by atoms with van der Waals surface area (Å²) in [7, 11) is 2.95. The van der Waals surface area contributed by atoms with E-state index in [9.17, 15) is 9.59 Å². The number of ether oxygens (including phenoxy) is 2. The Bertz CT molecular complexity index is 900. The van der Waals surface area contributed by atoms with Crippen LogP contribution >= 0.6 is 0 Å². The zero-order valence-corrected chi connectivity index (χ0v) is 15.0. The predicted molar refractivity (Wildman–Crippen MR) is 98.3 cm³/mol. The van der Waals surface area contributed by atoms with E-state index in [1.54, 1.807) is 12.3 Å². The lowest BCUT2D eigenvalue weighted by atomic mass is 10.1. The molecule has 2 amide bonds. The van der Waals surface area contributed by atoms with Crippen molar-refractivity contribution in [1.82, 2.24) is 9.88 Å². The second kappa shape index (κ2) is 7.40. The third-order valence-corrected chi connectivity index (χ3v) is 4.37. The van der Waals surface area contributed by atoms with Crippen LogP contribution in [0.25, 0.3) is 0 Å². The molecule has 0 fully saturated rings. The zero-order valence-electron chi connectivity index (χ0n) is 15.0. The Balaban J connectivity index is 1.83. The van der Waals surface area contributed by atoms with Gasteiger partial charge in [-0.25, -0.2) is 4.79 Å². The van der Waals surface area contributed by atoms with Crippen molar-refractivity contribution in [2.45, 2.75) is 13.0 Å². The second-order valence-corrected chi connectivity index (χ2v) is 6.03. The van der Waals surface area contributed by atoms with Crippen LogP contribution in [0.4, 0.5) is 16.2 Å². The lowest BCUT2D eigenvalue weighted by Gasteiger charge is -2.26. The molecule has 4 N–H and O–H groups in total. The highest BCUT2D eigenvalue weighted by Crippen LogP contribution is 2.32. The van der Waals surface area contributed by atoms with E-state index < -0.39 is 12.0 Å². The molecular weight excluding hydrogens is 352 g/mol. The van der Waals surface area contributed by atoms with Gasteiger partial charge < -0.3 is 30.5 Å². The fourth-order valence-corrected chi connectivity index (χ4v) is 2.95. The van der Waals surface area contributed by atoms with Gasteiger partial charge in [0.2, 0.25) is 0 Å². The van der Waals surface area contributed by atoms with Crippen LogP contribution in [0.2, 0.25) is 0 Å². The number of fused-ring (bicyclic) bond motifs is 1. The number of aromatic nitrogens is 1. The van der Waals surface area contributed by atoms with E-state index in [2.05, 4.69) is 10.3 Å². The highest BCUT2D eigenvalue weighted by atomic mass is 16.5. The summed E-state index contributed by atoms with van der Waals surface area (Å²) in [5.41, 5.74) is 8.48. The maximum Gasteiger partial charge on any atom is 0.407 e. The van der Waals surface area contributed by atoms with Gasteiger partial charge in [-0.2, -0.15) is 0 Å². The minimum atomic E-state index is -0.979. The number of carbonyl (C=O) groups is 2. The molecule has 2 heterocycles. The number of nitrogen functional groups attached to an aromatic ring is 1. The van der Waals surface area contributed by atoms with Crippen LogP contribution in [0.3, 0.4) is 0 Å². The van der Waals surface area contributed by atoms with Crippen molar-refractivity contribution in [1.29, 1.82) is 0 Å². The largest absolute Gasteiger partial charge is 0.493 e. The standard InChI is InChI=1S/C18H20N4O5/c1-26-15-6-12(13(19)7-16(15)27-2)17(23)21-11-5-10-9-22(18(24)25)4-3-14(10)20-8-11/h5-8H,3-4,9,19H2,1-2H3,(H,21,23)(H,24,25). The molecule has 0 radical (unpaired) electrons. The molecular formula is C18H20N4O5. The van der Waals surface area contributed by atoms with Gasteiger partial charge in [0, 0.05) is 30.4 Å². The van der Waals surface area contributed by atoms with E-state index in [0.29, 0.717) is 30.2 Å². The summed E-state index contributed by atoms with van der Waals surface area (Å²) in [6.45, 7) is 0.642. The van der Waals surface area contributed by atoms with Crippen molar-refractivity contribution < 1.29 is 24.2 Å². The fourth-order valence-electron chi connectivity index (χ4n) is 2.95. The van der Waals surface area contributed by atoms with E-state index >= 15 is 0 Å². The van der Waals surface area contributed by atoms with Crippen LogP contribution in [0.15, 0.2) is 24.4 Å². The van der Waals surface area contributed by atoms with Crippen LogP contribution in [-0.2, 0) is 13.0 Å². The summed E-state index contributed by atoms with van der Waals surface area (Å²) in [4.78, 5) is 29.4. The van der Waals surface area contributed by atoms with Gasteiger partial charge in [0.1, 0.15) is 0 Å². The van der Waals surface area contributed by atoms with Gasteiger partial charge in [-0.1, -0.05) is 0 Å². The van der Waals surface area contributed by atoms with E-state index in [4.69, 9.17) is 20.3 Å². The number of amides is 2.